The molecule has 1 aliphatic rings. The van der Waals surface area contributed by atoms with Gasteiger partial charge in [0.15, 0.2) is 0 Å². The second-order valence-corrected chi connectivity index (χ2v) is 4.67. The van der Waals surface area contributed by atoms with Crippen molar-refractivity contribution >= 4 is 0 Å². The Kier molecular flexibility index (Phi) is 4.40. The number of ether oxygens (including phenoxy) is 1. The molecule has 3 nitrogen and oxygen atoms in total. The number of aliphatic hydroxyl groups is 2. The number of rotatable bonds is 3. The van der Waals surface area contributed by atoms with Crippen LogP contribution in [0.5, 0.6) is 5.75 Å². The highest BCUT2D eigenvalue weighted by atomic mass is 16.5. The Hall–Kier alpha value is -1.06. The summed E-state index contributed by atoms with van der Waals surface area (Å²) in [6.07, 6.45) is 4.63. The minimum atomic E-state index is -0.365. The molecule has 2 N–H and O–H groups in total. The highest BCUT2D eigenvalue weighted by Crippen LogP contribution is 2.23. The molecule has 0 saturated heterocycles. The van der Waals surface area contributed by atoms with Crippen LogP contribution in [0.1, 0.15) is 37.7 Å². The average molecular weight is 236 g/mol. The van der Waals surface area contributed by atoms with Crippen LogP contribution in [0.2, 0.25) is 0 Å². The number of benzene rings is 1. The zero-order chi connectivity index (χ0) is 12.1. The van der Waals surface area contributed by atoms with E-state index < -0.39 is 0 Å². The predicted octanol–water partition coefficient (Wildman–Crippen LogP) is 2.25. The summed E-state index contributed by atoms with van der Waals surface area (Å²) in [6, 6.07) is 7.43. The van der Waals surface area contributed by atoms with Crippen molar-refractivity contribution < 1.29 is 14.9 Å². The van der Waals surface area contributed by atoms with Gasteiger partial charge < -0.3 is 14.9 Å². The molecule has 0 bridgehead atoms. The summed E-state index contributed by atoms with van der Waals surface area (Å²) >= 11 is 0. The van der Waals surface area contributed by atoms with E-state index in [1.54, 1.807) is 0 Å². The molecular weight excluding hydrogens is 216 g/mol. The van der Waals surface area contributed by atoms with Crippen molar-refractivity contribution in [3.8, 4) is 5.75 Å². The molecule has 17 heavy (non-hydrogen) atoms. The largest absolute Gasteiger partial charge is 0.488 e. The SMILES string of the molecule is OCc1cccc(OC2CCCCCC2O)c1. The molecule has 1 aromatic carbocycles. The van der Waals surface area contributed by atoms with Crippen molar-refractivity contribution in [3.05, 3.63) is 29.8 Å². The smallest absolute Gasteiger partial charge is 0.124 e. The number of aliphatic hydroxyl groups excluding tert-OH is 2. The first-order chi connectivity index (χ1) is 8.29. The lowest BCUT2D eigenvalue weighted by Gasteiger charge is -2.22. The fraction of sp³-hybridized carbons (Fsp3) is 0.571. The first-order valence-corrected chi connectivity index (χ1v) is 6.34. The van der Waals surface area contributed by atoms with Gasteiger partial charge in [-0.2, -0.15) is 0 Å². The van der Waals surface area contributed by atoms with Gasteiger partial charge in [0.1, 0.15) is 11.9 Å². The van der Waals surface area contributed by atoms with Gasteiger partial charge in [-0.3, -0.25) is 0 Å². The topological polar surface area (TPSA) is 49.7 Å². The van der Waals surface area contributed by atoms with E-state index in [2.05, 4.69) is 0 Å². The van der Waals surface area contributed by atoms with Gasteiger partial charge in [0.25, 0.3) is 0 Å². The number of hydrogen-bond acceptors (Lipinski definition) is 3. The van der Waals surface area contributed by atoms with Crippen LogP contribution in [-0.4, -0.2) is 22.4 Å². The normalized spacial score (nSPS) is 25.3. The van der Waals surface area contributed by atoms with Crippen molar-refractivity contribution in [2.45, 2.75) is 50.9 Å². The summed E-state index contributed by atoms with van der Waals surface area (Å²) in [6.45, 7) is 0.0183. The van der Waals surface area contributed by atoms with E-state index in [0.717, 1.165) is 37.0 Å². The maximum Gasteiger partial charge on any atom is 0.124 e. The third-order valence-electron chi connectivity index (χ3n) is 3.29. The van der Waals surface area contributed by atoms with Gasteiger partial charge in [-0.25, -0.2) is 0 Å². The maximum atomic E-state index is 9.96. The predicted molar refractivity (Wildman–Crippen MR) is 65.9 cm³/mol. The summed E-state index contributed by atoms with van der Waals surface area (Å²) in [5.74, 6) is 0.738. The molecule has 0 heterocycles. The molecule has 1 aliphatic carbocycles. The van der Waals surface area contributed by atoms with Gasteiger partial charge in [-0.1, -0.05) is 25.0 Å². The molecule has 94 valence electrons. The summed E-state index contributed by atoms with van der Waals surface area (Å²) in [7, 11) is 0. The Morgan fingerprint density at radius 3 is 2.82 bits per heavy atom. The van der Waals surface area contributed by atoms with Crippen molar-refractivity contribution in [3.63, 3.8) is 0 Å². The molecule has 0 radical (unpaired) electrons. The van der Waals surface area contributed by atoms with Crippen LogP contribution in [0.15, 0.2) is 24.3 Å². The number of hydrogen-bond donors (Lipinski definition) is 2. The standard InChI is InChI=1S/C14H20O3/c15-10-11-5-4-6-12(9-11)17-14-8-3-1-2-7-13(14)16/h4-6,9,13-16H,1-3,7-8,10H2. The van der Waals surface area contributed by atoms with E-state index >= 15 is 0 Å². The zero-order valence-corrected chi connectivity index (χ0v) is 10.0. The second-order valence-electron chi connectivity index (χ2n) is 4.67. The lowest BCUT2D eigenvalue weighted by molar-refractivity contribution is 0.0319. The fourth-order valence-electron chi connectivity index (χ4n) is 2.28. The third kappa shape index (κ3) is 3.45. The van der Waals surface area contributed by atoms with E-state index in [1.807, 2.05) is 24.3 Å². The van der Waals surface area contributed by atoms with Gasteiger partial charge in [0.2, 0.25) is 0 Å². The van der Waals surface area contributed by atoms with Crippen LogP contribution >= 0.6 is 0 Å². The Bertz CT molecular complexity index is 351. The van der Waals surface area contributed by atoms with E-state index in [-0.39, 0.29) is 18.8 Å². The van der Waals surface area contributed by atoms with Gasteiger partial charge >= 0.3 is 0 Å². The molecule has 2 atom stereocenters. The Morgan fingerprint density at radius 2 is 2.00 bits per heavy atom. The maximum absolute atomic E-state index is 9.96. The van der Waals surface area contributed by atoms with E-state index in [4.69, 9.17) is 9.84 Å². The quantitative estimate of drug-likeness (QED) is 0.791. The molecule has 0 spiro atoms. The zero-order valence-electron chi connectivity index (χ0n) is 10.0. The Balaban J connectivity index is 2.02. The molecule has 3 heteroatoms. The second kappa shape index (κ2) is 6.03. The molecule has 0 amide bonds. The molecule has 1 aromatic rings. The van der Waals surface area contributed by atoms with Gasteiger partial charge in [0, 0.05) is 0 Å². The lowest BCUT2D eigenvalue weighted by Crippen LogP contribution is -2.30. The third-order valence-corrected chi connectivity index (χ3v) is 3.29. The van der Waals surface area contributed by atoms with Crippen molar-refractivity contribution in [2.24, 2.45) is 0 Å². The molecule has 0 aliphatic heterocycles. The molecular formula is C14H20O3. The summed E-state index contributed by atoms with van der Waals surface area (Å²) < 4.78 is 5.83. The van der Waals surface area contributed by atoms with Crippen LogP contribution in [0, 0.1) is 0 Å². The highest BCUT2D eigenvalue weighted by molar-refractivity contribution is 5.28. The molecule has 2 rings (SSSR count). The van der Waals surface area contributed by atoms with Gasteiger partial charge in [0.05, 0.1) is 12.7 Å². The monoisotopic (exact) mass is 236 g/mol. The van der Waals surface area contributed by atoms with Crippen LogP contribution in [-0.2, 0) is 6.61 Å². The van der Waals surface area contributed by atoms with Gasteiger partial charge in [-0.05, 0) is 37.0 Å². The lowest BCUT2D eigenvalue weighted by atomic mass is 10.1. The van der Waals surface area contributed by atoms with E-state index in [9.17, 15) is 5.11 Å². The fourth-order valence-corrected chi connectivity index (χ4v) is 2.28. The van der Waals surface area contributed by atoms with E-state index in [1.165, 1.54) is 6.42 Å². The van der Waals surface area contributed by atoms with Crippen LogP contribution in [0.4, 0.5) is 0 Å². The molecule has 1 fully saturated rings. The molecule has 1 saturated carbocycles. The van der Waals surface area contributed by atoms with Gasteiger partial charge in [-0.15, -0.1) is 0 Å². The van der Waals surface area contributed by atoms with Crippen LogP contribution in [0.3, 0.4) is 0 Å². The van der Waals surface area contributed by atoms with Crippen molar-refractivity contribution in [1.29, 1.82) is 0 Å². The summed E-state index contributed by atoms with van der Waals surface area (Å²) in [5, 5.41) is 19.0. The minimum Gasteiger partial charge on any atom is -0.488 e. The summed E-state index contributed by atoms with van der Waals surface area (Å²) in [4.78, 5) is 0. The highest BCUT2D eigenvalue weighted by Gasteiger charge is 2.23. The first kappa shape index (κ1) is 12.4. The van der Waals surface area contributed by atoms with Crippen molar-refractivity contribution in [2.75, 3.05) is 0 Å². The van der Waals surface area contributed by atoms with Crippen LogP contribution < -0.4 is 4.74 Å². The minimum absolute atomic E-state index is 0.0183. The first-order valence-electron chi connectivity index (χ1n) is 6.34. The Labute approximate surface area is 102 Å². The molecule has 0 aromatic heterocycles. The Morgan fingerprint density at radius 1 is 1.18 bits per heavy atom. The average Bonchev–Trinajstić information content (AvgIpc) is 2.55. The summed E-state index contributed by atoms with van der Waals surface area (Å²) in [5.41, 5.74) is 0.839. The van der Waals surface area contributed by atoms with E-state index in [0.29, 0.717) is 0 Å². The molecule has 2 unspecified atom stereocenters. The van der Waals surface area contributed by atoms with Crippen molar-refractivity contribution in [1.82, 2.24) is 0 Å². The van der Waals surface area contributed by atoms with Crippen LogP contribution in [0.25, 0.3) is 0 Å².